The number of aryl methyl sites for hydroxylation is 2. The monoisotopic (exact) mass is 402 g/mol. The van der Waals surface area contributed by atoms with Crippen LogP contribution in [0.1, 0.15) is 64.2 Å². The molecule has 2 atom stereocenters. The quantitative estimate of drug-likeness (QED) is 0.734. The molecule has 2 aromatic rings. The van der Waals surface area contributed by atoms with Crippen LogP contribution in [0.25, 0.3) is 0 Å². The van der Waals surface area contributed by atoms with Gasteiger partial charge >= 0.3 is 5.97 Å². The Bertz CT molecular complexity index is 905. The standard InChI is InChI=1S/C20H26N4O5/c1-3-14-17-16(23-22-14)10-20(11-21-18(17)25)5-7-27-13(9-20)4-6-28-19(26)15-8-12(2)29-24-15/h8,13H,3-7,9-11H2,1-2H3,(H,21,25)(H,22,23). The maximum atomic E-state index is 12.6. The molecule has 0 aliphatic carbocycles. The Hall–Kier alpha value is -2.68. The van der Waals surface area contributed by atoms with E-state index in [0.29, 0.717) is 37.3 Å². The Kier molecular flexibility index (Phi) is 5.40. The normalized spacial score (nSPS) is 24.1. The van der Waals surface area contributed by atoms with E-state index in [0.717, 1.165) is 30.7 Å². The number of aromatic amines is 1. The third-order valence-corrected chi connectivity index (χ3v) is 5.81. The molecule has 9 heteroatoms. The minimum atomic E-state index is -0.497. The number of H-pyrrole nitrogens is 1. The number of hydrogen-bond acceptors (Lipinski definition) is 7. The number of rotatable bonds is 5. The SMILES string of the molecule is CCc1n[nH]c2c1C(=O)NCC1(CCOC(CCOC(=O)c3cc(C)on3)C1)C2. The van der Waals surface area contributed by atoms with Crippen LogP contribution in [0.5, 0.6) is 0 Å². The first-order valence-corrected chi connectivity index (χ1v) is 10.1. The van der Waals surface area contributed by atoms with Crippen LogP contribution in [0, 0.1) is 12.3 Å². The van der Waals surface area contributed by atoms with E-state index in [1.165, 1.54) is 0 Å². The van der Waals surface area contributed by atoms with E-state index in [-0.39, 0.29) is 29.7 Å². The molecule has 1 amide bonds. The van der Waals surface area contributed by atoms with E-state index in [4.69, 9.17) is 14.0 Å². The number of amides is 1. The van der Waals surface area contributed by atoms with Crippen LogP contribution < -0.4 is 5.32 Å². The van der Waals surface area contributed by atoms with Crippen molar-refractivity contribution in [2.45, 2.75) is 52.1 Å². The Morgan fingerprint density at radius 3 is 3.07 bits per heavy atom. The lowest BCUT2D eigenvalue weighted by Crippen LogP contribution is -2.44. The molecule has 0 bridgehead atoms. The molecule has 0 saturated carbocycles. The second-order valence-corrected chi connectivity index (χ2v) is 7.93. The number of esters is 1. The molecule has 1 fully saturated rings. The molecule has 0 aromatic carbocycles. The van der Waals surface area contributed by atoms with Gasteiger partial charge in [-0.3, -0.25) is 9.89 Å². The van der Waals surface area contributed by atoms with Crippen LogP contribution in [0.3, 0.4) is 0 Å². The minimum absolute atomic E-state index is 0.0392. The molecule has 29 heavy (non-hydrogen) atoms. The summed E-state index contributed by atoms with van der Waals surface area (Å²) in [7, 11) is 0. The predicted octanol–water partition coefficient (Wildman–Crippen LogP) is 1.97. The Balaban J connectivity index is 1.37. The molecule has 2 unspecified atom stereocenters. The van der Waals surface area contributed by atoms with Crippen LogP contribution in [-0.4, -0.2) is 53.1 Å². The van der Waals surface area contributed by atoms with Crippen molar-refractivity contribution in [3.8, 4) is 0 Å². The Labute approximate surface area is 168 Å². The molecule has 2 aliphatic rings. The van der Waals surface area contributed by atoms with E-state index in [9.17, 15) is 9.59 Å². The lowest BCUT2D eigenvalue weighted by atomic mass is 9.74. The van der Waals surface area contributed by atoms with Crippen molar-refractivity contribution in [3.05, 3.63) is 34.5 Å². The minimum Gasteiger partial charge on any atom is -0.461 e. The summed E-state index contributed by atoms with van der Waals surface area (Å²) in [6, 6.07) is 1.55. The smallest absolute Gasteiger partial charge is 0.360 e. The molecule has 1 saturated heterocycles. The van der Waals surface area contributed by atoms with E-state index < -0.39 is 5.97 Å². The molecule has 9 nitrogen and oxygen atoms in total. The number of carbonyl (C=O) groups is 2. The van der Waals surface area contributed by atoms with Gasteiger partial charge in [0.1, 0.15) is 5.76 Å². The highest BCUT2D eigenvalue weighted by atomic mass is 16.5. The molecular formula is C20H26N4O5. The van der Waals surface area contributed by atoms with Crippen molar-refractivity contribution in [1.82, 2.24) is 20.7 Å². The maximum absolute atomic E-state index is 12.6. The second kappa shape index (κ2) is 7.98. The zero-order valence-electron chi connectivity index (χ0n) is 16.7. The van der Waals surface area contributed by atoms with Crippen molar-refractivity contribution in [3.63, 3.8) is 0 Å². The Morgan fingerprint density at radius 2 is 2.31 bits per heavy atom. The van der Waals surface area contributed by atoms with Crippen molar-refractivity contribution >= 4 is 11.9 Å². The first-order chi connectivity index (χ1) is 14.0. The molecular weight excluding hydrogens is 376 g/mol. The third-order valence-electron chi connectivity index (χ3n) is 5.81. The van der Waals surface area contributed by atoms with E-state index >= 15 is 0 Å². The van der Waals surface area contributed by atoms with Gasteiger partial charge in [-0.1, -0.05) is 12.1 Å². The van der Waals surface area contributed by atoms with Gasteiger partial charge in [0, 0.05) is 31.3 Å². The number of hydrogen-bond donors (Lipinski definition) is 2. The van der Waals surface area contributed by atoms with Crippen LogP contribution in [0.2, 0.25) is 0 Å². The van der Waals surface area contributed by atoms with Crippen molar-refractivity contribution in [2.24, 2.45) is 5.41 Å². The molecule has 4 rings (SSSR count). The fourth-order valence-electron chi connectivity index (χ4n) is 4.28. The van der Waals surface area contributed by atoms with Crippen LogP contribution in [-0.2, 0) is 22.3 Å². The van der Waals surface area contributed by atoms with Gasteiger partial charge in [-0.2, -0.15) is 5.10 Å². The number of aromatic nitrogens is 3. The molecule has 2 N–H and O–H groups in total. The van der Waals surface area contributed by atoms with Crippen molar-refractivity contribution < 1.29 is 23.6 Å². The number of nitrogens with one attached hydrogen (secondary N) is 2. The molecule has 4 heterocycles. The summed E-state index contributed by atoms with van der Waals surface area (Å²) in [5.41, 5.74) is 2.51. The van der Waals surface area contributed by atoms with Crippen molar-refractivity contribution in [1.29, 1.82) is 0 Å². The van der Waals surface area contributed by atoms with Crippen LogP contribution in [0.4, 0.5) is 0 Å². The third kappa shape index (κ3) is 4.05. The van der Waals surface area contributed by atoms with Gasteiger partial charge in [0.25, 0.3) is 5.91 Å². The maximum Gasteiger partial charge on any atom is 0.360 e. The van der Waals surface area contributed by atoms with Gasteiger partial charge in [0.15, 0.2) is 5.69 Å². The molecule has 2 aliphatic heterocycles. The largest absolute Gasteiger partial charge is 0.461 e. The summed E-state index contributed by atoms with van der Waals surface area (Å²) in [5, 5.41) is 14.1. The fraction of sp³-hybridized carbons (Fsp3) is 0.600. The Morgan fingerprint density at radius 1 is 1.45 bits per heavy atom. The summed E-state index contributed by atoms with van der Waals surface area (Å²) in [4.78, 5) is 24.6. The van der Waals surface area contributed by atoms with Gasteiger partial charge in [0.2, 0.25) is 0 Å². The summed E-state index contributed by atoms with van der Waals surface area (Å²) in [6.07, 6.45) is 3.67. The highest BCUT2D eigenvalue weighted by molar-refractivity contribution is 5.96. The first-order valence-electron chi connectivity index (χ1n) is 10.1. The van der Waals surface area contributed by atoms with Gasteiger partial charge in [0.05, 0.1) is 24.0 Å². The lowest BCUT2D eigenvalue weighted by molar-refractivity contribution is -0.0575. The summed E-state index contributed by atoms with van der Waals surface area (Å²) < 4.78 is 16.1. The average Bonchev–Trinajstić information content (AvgIpc) is 3.29. The number of ether oxygens (including phenoxy) is 2. The first kappa shape index (κ1) is 19.6. The van der Waals surface area contributed by atoms with Crippen LogP contribution in [0.15, 0.2) is 10.6 Å². The number of carbonyl (C=O) groups excluding carboxylic acids is 2. The highest BCUT2D eigenvalue weighted by Crippen LogP contribution is 2.39. The fourth-order valence-corrected chi connectivity index (χ4v) is 4.28. The van der Waals surface area contributed by atoms with Gasteiger partial charge < -0.3 is 19.3 Å². The van der Waals surface area contributed by atoms with Gasteiger partial charge in [-0.05, 0) is 38.0 Å². The summed E-state index contributed by atoms with van der Waals surface area (Å²) >= 11 is 0. The van der Waals surface area contributed by atoms with E-state index in [2.05, 4.69) is 20.7 Å². The zero-order valence-corrected chi connectivity index (χ0v) is 16.7. The van der Waals surface area contributed by atoms with E-state index in [1.807, 2.05) is 6.92 Å². The molecule has 2 aromatic heterocycles. The zero-order chi connectivity index (χ0) is 20.4. The average molecular weight is 402 g/mol. The second-order valence-electron chi connectivity index (χ2n) is 7.93. The molecule has 0 radical (unpaired) electrons. The van der Waals surface area contributed by atoms with Crippen LogP contribution >= 0.6 is 0 Å². The number of nitrogens with zero attached hydrogens (tertiary/aromatic N) is 2. The van der Waals surface area contributed by atoms with E-state index in [1.54, 1.807) is 13.0 Å². The lowest BCUT2D eigenvalue weighted by Gasteiger charge is -2.40. The molecule has 156 valence electrons. The molecule has 1 spiro atoms. The van der Waals surface area contributed by atoms with Gasteiger partial charge in [-0.15, -0.1) is 0 Å². The predicted molar refractivity (Wildman–Crippen MR) is 102 cm³/mol. The summed E-state index contributed by atoms with van der Waals surface area (Å²) in [6.45, 7) is 5.18. The van der Waals surface area contributed by atoms with Gasteiger partial charge in [-0.25, -0.2) is 4.79 Å². The highest BCUT2D eigenvalue weighted by Gasteiger charge is 2.41. The number of fused-ring (bicyclic) bond motifs is 1. The van der Waals surface area contributed by atoms with Crippen molar-refractivity contribution in [2.75, 3.05) is 19.8 Å². The topological polar surface area (TPSA) is 119 Å². The summed E-state index contributed by atoms with van der Waals surface area (Å²) in [5.74, 6) is 0.0139.